The highest BCUT2D eigenvalue weighted by Crippen LogP contribution is 2.46. The molecule has 0 radical (unpaired) electrons. The minimum atomic E-state index is -0.495. The lowest BCUT2D eigenvalue weighted by atomic mass is 9.68. The molecule has 10 heteroatoms. The van der Waals surface area contributed by atoms with Crippen LogP contribution in [0.2, 0.25) is 0 Å². The number of ether oxygens (including phenoxy) is 1. The van der Waals surface area contributed by atoms with Gasteiger partial charge in [0.2, 0.25) is 23.6 Å². The van der Waals surface area contributed by atoms with E-state index in [-0.39, 0.29) is 35.7 Å². The molecule has 56 heavy (non-hydrogen) atoms. The number of amides is 4. The Kier molecular flexibility index (Phi) is 15.0. The minimum absolute atomic E-state index is 0.0211. The summed E-state index contributed by atoms with van der Waals surface area (Å²) in [7, 11) is 0. The number of unbranched alkanes of at least 4 members (excludes halogenated alkanes) is 1. The highest BCUT2D eigenvalue weighted by molar-refractivity contribution is 6.02. The molecule has 314 valence electrons. The fraction of sp³-hybridized carbons (Fsp3) is 0.870. The predicted molar refractivity (Wildman–Crippen MR) is 217 cm³/mol. The molecular formula is C46H74N4O6. The first kappa shape index (κ1) is 41.8. The number of imide groups is 1. The van der Waals surface area contributed by atoms with E-state index in [9.17, 15) is 24.3 Å². The Balaban J connectivity index is 0.762. The smallest absolute Gasteiger partial charge is 0.249 e. The second-order valence-electron chi connectivity index (χ2n) is 19.0. The summed E-state index contributed by atoms with van der Waals surface area (Å²) in [6.45, 7) is 8.22. The van der Waals surface area contributed by atoms with Crippen LogP contribution in [0.25, 0.3) is 0 Å². The van der Waals surface area contributed by atoms with Crippen LogP contribution in [0.4, 0.5) is 0 Å². The normalized spacial score (nSPS) is 34.3. The van der Waals surface area contributed by atoms with E-state index in [0.29, 0.717) is 55.6 Å². The van der Waals surface area contributed by atoms with Gasteiger partial charge in [0.05, 0.1) is 18.8 Å². The predicted octanol–water partition coefficient (Wildman–Crippen LogP) is 6.78. The Labute approximate surface area is 337 Å². The average molecular weight is 779 g/mol. The molecule has 10 nitrogen and oxygen atoms in total. The molecule has 0 aromatic heterocycles. The number of piperazine rings is 1. The molecule has 3 saturated heterocycles. The summed E-state index contributed by atoms with van der Waals surface area (Å²) in [5.41, 5.74) is 3.65. The van der Waals surface area contributed by atoms with Gasteiger partial charge in [0.1, 0.15) is 6.04 Å². The minimum Gasteiger partial charge on any atom is -0.393 e. The number of aliphatic hydroxyl groups is 1. The number of nitrogens with one attached hydrogen (secondary N) is 1. The number of rotatable bonds is 14. The number of allylic oxidation sites excluding steroid dienone is 2. The molecule has 7 rings (SSSR count). The van der Waals surface area contributed by atoms with Gasteiger partial charge in [0.25, 0.3) is 0 Å². The van der Waals surface area contributed by atoms with Gasteiger partial charge >= 0.3 is 0 Å². The number of carbonyl (C=O) groups is 4. The van der Waals surface area contributed by atoms with Crippen LogP contribution < -0.4 is 5.32 Å². The number of nitrogens with zero attached hydrogens (tertiary/aromatic N) is 3. The maximum atomic E-state index is 13.1. The van der Waals surface area contributed by atoms with Crippen LogP contribution in [0, 0.1) is 35.5 Å². The largest absolute Gasteiger partial charge is 0.393 e. The van der Waals surface area contributed by atoms with E-state index in [0.717, 1.165) is 109 Å². The van der Waals surface area contributed by atoms with Crippen molar-refractivity contribution in [2.24, 2.45) is 35.5 Å². The van der Waals surface area contributed by atoms with Gasteiger partial charge in [-0.15, -0.1) is 0 Å². The van der Waals surface area contributed by atoms with Gasteiger partial charge < -0.3 is 19.6 Å². The second-order valence-corrected chi connectivity index (χ2v) is 19.0. The Morgan fingerprint density at radius 2 is 1.52 bits per heavy atom. The molecule has 7 aliphatic rings. The van der Waals surface area contributed by atoms with Crippen molar-refractivity contribution in [3.63, 3.8) is 0 Å². The highest BCUT2D eigenvalue weighted by atomic mass is 16.5. The molecular weight excluding hydrogens is 705 g/mol. The van der Waals surface area contributed by atoms with E-state index < -0.39 is 6.04 Å². The number of piperidine rings is 1. The molecule has 0 aromatic carbocycles. The number of aliphatic hydroxyl groups excluding tert-OH is 1. The first-order valence-corrected chi connectivity index (χ1v) is 23.4. The lowest BCUT2D eigenvalue weighted by molar-refractivity contribution is -0.144. The van der Waals surface area contributed by atoms with E-state index in [4.69, 9.17) is 4.74 Å². The Hall–Kier alpha value is -2.30. The van der Waals surface area contributed by atoms with Crippen molar-refractivity contribution < 1.29 is 29.0 Å². The van der Waals surface area contributed by atoms with E-state index >= 15 is 0 Å². The van der Waals surface area contributed by atoms with Crippen molar-refractivity contribution in [3.8, 4) is 0 Å². The fourth-order valence-electron chi connectivity index (χ4n) is 12.4. The summed E-state index contributed by atoms with van der Waals surface area (Å²) in [6.07, 6.45) is 24.9. The van der Waals surface area contributed by atoms with E-state index in [1.54, 1.807) is 4.90 Å². The molecule has 0 bridgehead atoms. The van der Waals surface area contributed by atoms with Gasteiger partial charge in [-0.05, 0) is 132 Å². The van der Waals surface area contributed by atoms with Crippen LogP contribution in [0.1, 0.15) is 155 Å². The lowest BCUT2D eigenvalue weighted by Gasteiger charge is -2.40. The fourth-order valence-corrected chi connectivity index (χ4v) is 12.4. The SMILES string of the molecule is CC/C(=C(\C1CCC(O)CC1)C1CCC(OCCN2CCN(C(=O)CCCCC3CCC4C(=O)N(C5CCC(=O)NC5=O)CC4C3)CC2)CC1)C1CCCCC1. The zero-order chi connectivity index (χ0) is 39.0. The number of hydrogen-bond acceptors (Lipinski definition) is 7. The summed E-state index contributed by atoms with van der Waals surface area (Å²) in [5, 5.41) is 12.7. The monoisotopic (exact) mass is 779 g/mol. The summed E-state index contributed by atoms with van der Waals surface area (Å²) in [4.78, 5) is 56.6. The number of hydrogen-bond donors (Lipinski definition) is 2. The van der Waals surface area contributed by atoms with Crippen LogP contribution >= 0.6 is 0 Å². The van der Waals surface area contributed by atoms with Gasteiger partial charge in [0, 0.05) is 58.0 Å². The van der Waals surface area contributed by atoms with Crippen molar-refractivity contribution in [1.29, 1.82) is 0 Å². The molecule has 4 unspecified atom stereocenters. The van der Waals surface area contributed by atoms with Crippen molar-refractivity contribution >= 4 is 23.6 Å². The van der Waals surface area contributed by atoms with Gasteiger partial charge in [-0.25, -0.2) is 0 Å². The molecule has 7 fully saturated rings. The third-order valence-corrected chi connectivity index (χ3v) is 15.5. The van der Waals surface area contributed by atoms with Crippen molar-refractivity contribution in [2.45, 2.75) is 173 Å². The summed E-state index contributed by atoms with van der Waals surface area (Å²) in [6, 6.07) is -0.495. The standard InChI is InChI=1S/C46H74N4O6/c1-2-39(33-9-4-3-5-10-33)44(34-13-17-37(51)18-14-34)35-15-19-38(20-16-35)56-29-28-48-24-26-49(27-25-48)43(53)11-7-6-8-32-12-21-40-36(30-32)31-50(46(40)55)41-22-23-42(52)47-45(41)54/h32-38,40-41,51H,2-31H2,1H3,(H,47,52,54)/b44-39-. The molecule has 3 heterocycles. The molecule has 0 spiro atoms. The number of fused-ring (bicyclic) bond motifs is 1. The summed E-state index contributed by atoms with van der Waals surface area (Å²) in [5.74, 6) is 2.92. The summed E-state index contributed by atoms with van der Waals surface area (Å²) >= 11 is 0. The molecule has 4 aliphatic carbocycles. The van der Waals surface area contributed by atoms with E-state index in [2.05, 4.69) is 22.0 Å². The van der Waals surface area contributed by atoms with Crippen LogP contribution in [0.15, 0.2) is 11.1 Å². The number of likely N-dealkylation sites (tertiary alicyclic amines) is 1. The van der Waals surface area contributed by atoms with Crippen LogP contribution in [-0.2, 0) is 23.9 Å². The molecule has 3 aliphatic heterocycles. The average Bonchev–Trinajstić information content (AvgIpc) is 3.54. The summed E-state index contributed by atoms with van der Waals surface area (Å²) < 4.78 is 6.52. The molecule has 4 atom stereocenters. The van der Waals surface area contributed by atoms with Gasteiger partial charge in [0.15, 0.2) is 0 Å². The van der Waals surface area contributed by atoms with Crippen LogP contribution in [-0.4, -0.2) is 108 Å². The van der Waals surface area contributed by atoms with E-state index in [1.807, 2.05) is 11.1 Å². The first-order valence-electron chi connectivity index (χ1n) is 23.4. The van der Waals surface area contributed by atoms with Gasteiger partial charge in [-0.1, -0.05) is 50.2 Å². The Morgan fingerprint density at radius 3 is 2.21 bits per heavy atom. The molecule has 0 aromatic rings. The topological polar surface area (TPSA) is 119 Å². The zero-order valence-electron chi connectivity index (χ0n) is 34.7. The quantitative estimate of drug-likeness (QED) is 0.113. The second kappa shape index (κ2) is 20.1. The molecule has 2 N–H and O–H groups in total. The Bertz CT molecular complexity index is 1370. The van der Waals surface area contributed by atoms with Gasteiger partial charge in [-0.2, -0.15) is 0 Å². The third-order valence-electron chi connectivity index (χ3n) is 15.5. The van der Waals surface area contributed by atoms with Crippen molar-refractivity contribution in [1.82, 2.24) is 20.0 Å². The first-order chi connectivity index (χ1) is 27.3. The van der Waals surface area contributed by atoms with Crippen molar-refractivity contribution in [3.05, 3.63) is 11.1 Å². The van der Waals surface area contributed by atoms with Gasteiger partial charge in [-0.3, -0.25) is 29.4 Å². The highest BCUT2D eigenvalue weighted by Gasteiger charge is 2.48. The maximum absolute atomic E-state index is 13.1. The Morgan fingerprint density at radius 1 is 0.804 bits per heavy atom. The zero-order valence-corrected chi connectivity index (χ0v) is 34.7. The maximum Gasteiger partial charge on any atom is 0.249 e. The van der Waals surface area contributed by atoms with Crippen LogP contribution in [0.5, 0.6) is 0 Å². The number of carbonyl (C=O) groups excluding carboxylic acids is 4. The third kappa shape index (κ3) is 10.5. The van der Waals surface area contributed by atoms with E-state index in [1.165, 1.54) is 64.2 Å². The van der Waals surface area contributed by atoms with Crippen LogP contribution in [0.3, 0.4) is 0 Å². The van der Waals surface area contributed by atoms with Crippen molar-refractivity contribution in [2.75, 3.05) is 45.9 Å². The lowest BCUT2D eigenvalue weighted by Crippen LogP contribution is -2.53. The molecule has 4 amide bonds. The molecule has 4 saturated carbocycles.